The summed E-state index contributed by atoms with van der Waals surface area (Å²) in [5, 5.41) is 1.04. The van der Waals surface area contributed by atoms with Crippen molar-refractivity contribution in [2.45, 2.75) is 27.3 Å². The van der Waals surface area contributed by atoms with E-state index in [4.69, 9.17) is 0 Å². The molecule has 0 spiro atoms. The maximum Gasteiger partial charge on any atom is 0.209 e. The van der Waals surface area contributed by atoms with Crippen molar-refractivity contribution in [2.24, 2.45) is 0 Å². The lowest BCUT2D eigenvalue weighted by Crippen LogP contribution is -2.22. The van der Waals surface area contributed by atoms with E-state index in [9.17, 15) is 4.79 Å². The molecule has 33 heavy (non-hydrogen) atoms. The van der Waals surface area contributed by atoms with Crippen molar-refractivity contribution in [3.8, 4) is 11.8 Å². The van der Waals surface area contributed by atoms with Crippen LogP contribution in [-0.2, 0) is 6.54 Å². The number of rotatable bonds is 7. The first-order chi connectivity index (χ1) is 16.1. The largest absolute Gasteiger partial charge is 0.340 e. The van der Waals surface area contributed by atoms with Crippen LogP contribution in [0.25, 0.3) is 10.9 Å². The van der Waals surface area contributed by atoms with E-state index in [0.717, 1.165) is 47.2 Å². The van der Waals surface area contributed by atoms with Crippen LogP contribution in [0.2, 0.25) is 0 Å². The first kappa shape index (κ1) is 22.5. The van der Waals surface area contributed by atoms with Crippen molar-refractivity contribution < 1.29 is 4.79 Å². The third-order valence-electron chi connectivity index (χ3n) is 5.93. The van der Waals surface area contributed by atoms with Gasteiger partial charge in [-0.1, -0.05) is 61.6 Å². The predicted octanol–water partition coefficient (Wildman–Crippen LogP) is 5.32. The predicted molar refractivity (Wildman–Crippen MR) is 135 cm³/mol. The maximum absolute atomic E-state index is 13.1. The van der Waals surface area contributed by atoms with Gasteiger partial charge in [-0.25, -0.2) is 0 Å². The topological polar surface area (TPSA) is 38.1 Å². The van der Waals surface area contributed by atoms with Crippen molar-refractivity contribution in [1.82, 2.24) is 14.5 Å². The van der Waals surface area contributed by atoms with Crippen molar-refractivity contribution in [3.63, 3.8) is 0 Å². The van der Waals surface area contributed by atoms with Crippen LogP contribution in [-0.4, -0.2) is 39.9 Å². The van der Waals surface area contributed by atoms with E-state index in [1.165, 1.54) is 0 Å². The van der Waals surface area contributed by atoms with E-state index < -0.39 is 0 Å². The molecule has 0 saturated carbocycles. The Morgan fingerprint density at radius 2 is 1.82 bits per heavy atom. The summed E-state index contributed by atoms with van der Waals surface area (Å²) >= 11 is 0. The van der Waals surface area contributed by atoms with Crippen LogP contribution in [0.15, 0.2) is 73.1 Å². The van der Waals surface area contributed by atoms with Gasteiger partial charge < -0.3 is 4.57 Å². The highest BCUT2D eigenvalue weighted by Crippen LogP contribution is 2.20. The van der Waals surface area contributed by atoms with Crippen LogP contribution < -0.4 is 0 Å². The first-order valence-corrected chi connectivity index (χ1v) is 11.4. The van der Waals surface area contributed by atoms with Crippen molar-refractivity contribution in [3.05, 3.63) is 101 Å². The highest BCUT2D eigenvalue weighted by atomic mass is 16.1. The van der Waals surface area contributed by atoms with E-state index in [-0.39, 0.29) is 5.78 Å². The molecule has 0 unspecified atom stereocenters. The molecular weight excluding hydrogens is 406 g/mol. The number of carbonyl (C=O) groups is 1. The van der Waals surface area contributed by atoms with Gasteiger partial charge in [-0.3, -0.25) is 14.7 Å². The van der Waals surface area contributed by atoms with Crippen LogP contribution >= 0.6 is 0 Å². The highest BCUT2D eigenvalue weighted by Gasteiger charge is 2.14. The number of ketones is 1. The van der Waals surface area contributed by atoms with E-state index in [2.05, 4.69) is 41.6 Å². The Kier molecular flexibility index (Phi) is 7.02. The molecule has 4 aromatic rings. The van der Waals surface area contributed by atoms with Crippen molar-refractivity contribution in [2.75, 3.05) is 19.6 Å². The number of hydrogen-bond donors (Lipinski definition) is 0. The lowest BCUT2D eigenvalue weighted by molar-refractivity contribution is 0.103. The summed E-state index contributed by atoms with van der Waals surface area (Å²) in [7, 11) is 0. The van der Waals surface area contributed by atoms with Crippen LogP contribution in [0.1, 0.15) is 46.6 Å². The molecule has 0 aliphatic heterocycles. The summed E-state index contributed by atoms with van der Waals surface area (Å²) in [6, 6.07) is 19.7. The standard InChI is InChI=1S/C29H29N3O/c1-4-31(5-2)17-7-10-24-9-6-11-27-26(24)19-23(20-30-27)21-32-18-8-12-28(32)29(33)25-15-13-22(3)14-16-25/h6,8-9,11-16,18-20H,4-5,17,21H2,1-3H3. The van der Waals surface area contributed by atoms with Crippen molar-refractivity contribution >= 4 is 16.7 Å². The molecule has 2 heterocycles. The molecule has 0 saturated heterocycles. The van der Waals surface area contributed by atoms with Gasteiger partial charge in [0.05, 0.1) is 17.8 Å². The Bertz CT molecular complexity index is 1320. The second-order valence-electron chi connectivity index (χ2n) is 8.20. The number of benzene rings is 2. The summed E-state index contributed by atoms with van der Waals surface area (Å²) in [5.74, 6) is 6.67. The van der Waals surface area contributed by atoms with Gasteiger partial charge in [0.2, 0.25) is 5.78 Å². The molecule has 0 fully saturated rings. The number of aromatic nitrogens is 2. The second-order valence-corrected chi connectivity index (χ2v) is 8.20. The lowest BCUT2D eigenvalue weighted by atomic mass is 10.1. The minimum atomic E-state index is 0.0247. The Labute approximate surface area is 195 Å². The number of carbonyl (C=O) groups excluding carboxylic acids is 1. The number of nitrogens with zero attached hydrogens (tertiary/aromatic N) is 3. The SMILES string of the molecule is CCN(CC)CC#Cc1cccc2ncc(Cn3cccc3C(=O)c3ccc(C)cc3)cc12. The van der Waals surface area contributed by atoms with E-state index >= 15 is 0 Å². The van der Waals surface area contributed by atoms with Crippen LogP contribution in [0.5, 0.6) is 0 Å². The van der Waals surface area contributed by atoms with Crippen LogP contribution in [0.3, 0.4) is 0 Å². The average Bonchev–Trinajstić information content (AvgIpc) is 3.30. The van der Waals surface area contributed by atoms with Gasteiger partial charge in [0.15, 0.2) is 0 Å². The highest BCUT2D eigenvalue weighted by molar-refractivity contribution is 6.08. The third-order valence-corrected chi connectivity index (χ3v) is 5.93. The normalized spacial score (nSPS) is 10.9. The Balaban J connectivity index is 1.61. The molecule has 166 valence electrons. The molecule has 0 aliphatic rings. The van der Waals surface area contributed by atoms with Crippen LogP contribution in [0, 0.1) is 18.8 Å². The summed E-state index contributed by atoms with van der Waals surface area (Å²) < 4.78 is 1.99. The molecule has 4 nitrogen and oxygen atoms in total. The zero-order chi connectivity index (χ0) is 23.2. The molecule has 4 heteroatoms. The van der Waals surface area contributed by atoms with E-state index in [1.807, 2.05) is 78.5 Å². The molecule has 0 N–H and O–H groups in total. The summed E-state index contributed by atoms with van der Waals surface area (Å²) in [4.78, 5) is 20.0. The number of fused-ring (bicyclic) bond motifs is 1. The fourth-order valence-electron chi connectivity index (χ4n) is 3.89. The second kappa shape index (κ2) is 10.3. The van der Waals surface area contributed by atoms with Gasteiger partial charge in [0.1, 0.15) is 0 Å². The monoisotopic (exact) mass is 435 g/mol. The molecular formula is C29H29N3O. The van der Waals surface area contributed by atoms with Gasteiger partial charge in [-0.15, -0.1) is 0 Å². The fraction of sp³-hybridized carbons (Fsp3) is 0.241. The molecule has 2 aromatic heterocycles. The average molecular weight is 436 g/mol. The van der Waals surface area contributed by atoms with Crippen molar-refractivity contribution in [1.29, 1.82) is 0 Å². The lowest BCUT2D eigenvalue weighted by Gasteiger charge is -2.13. The van der Waals surface area contributed by atoms with Gasteiger partial charge in [-0.2, -0.15) is 0 Å². The maximum atomic E-state index is 13.1. The minimum Gasteiger partial charge on any atom is -0.340 e. The number of pyridine rings is 1. The molecule has 0 radical (unpaired) electrons. The minimum absolute atomic E-state index is 0.0247. The van der Waals surface area contributed by atoms with E-state index in [0.29, 0.717) is 17.8 Å². The molecule has 0 bridgehead atoms. The Hall–Kier alpha value is -3.68. The smallest absolute Gasteiger partial charge is 0.209 e. The zero-order valence-electron chi connectivity index (χ0n) is 19.5. The summed E-state index contributed by atoms with van der Waals surface area (Å²) in [6.45, 7) is 9.64. The summed E-state index contributed by atoms with van der Waals surface area (Å²) in [5.41, 5.74) is 5.46. The van der Waals surface area contributed by atoms with E-state index in [1.54, 1.807) is 0 Å². The van der Waals surface area contributed by atoms with Gasteiger partial charge in [-0.05, 0) is 55.9 Å². The molecule has 0 aliphatic carbocycles. The van der Waals surface area contributed by atoms with Gasteiger partial charge >= 0.3 is 0 Å². The first-order valence-electron chi connectivity index (χ1n) is 11.4. The Morgan fingerprint density at radius 1 is 1.03 bits per heavy atom. The van der Waals surface area contributed by atoms with Gasteiger partial charge in [0, 0.05) is 35.5 Å². The molecule has 4 rings (SSSR count). The fourth-order valence-corrected chi connectivity index (χ4v) is 3.89. The molecule has 0 atom stereocenters. The van der Waals surface area contributed by atoms with Gasteiger partial charge in [0.25, 0.3) is 0 Å². The van der Waals surface area contributed by atoms with Crippen LogP contribution in [0.4, 0.5) is 0 Å². The molecule has 0 amide bonds. The number of aryl methyl sites for hydroxylation is 1. The Morgan fingerprint density at radius 3 is 2.58 bits per heavy atom. The summed E-state index contributed by atoms with van der Waals surface area (Å²) in [6.07, 6.45) is 3.83. The number of hydrogen-bond acceptors (Lipinski definition) is 3. The third kappa shape index (κ3) is 5.22. The molecule has 2 aromatic carbocycles. The quantitative estimate of drug-likeness (QED) is 0.291. The zero-order valence-corrected chi connectivity index (χ0v) is 19.5.